The zero-order valence-corrected chi connectivity index (χ0v) is 28.4. The van der Waals surface area contributed by atoms with Crippen LogP contribution < -0.4 is 5.32 Å². The molecule has 8 nitrogen and oxygen atoms in total. The Hall–Kier alpha value is -3.85. The van der Waals surface area contributed by atoms with Crippen LogP contribution in [-0.2, 0) is 12.0 Å². The molecule has 3 amide bonds. The number of hydrogen-bond acceptors (Lipinski definition) is 6. The summed E-state index contributed by atoms with van der Waals surface area (Å²) >= 11 is 1.45. The van der Waals surface area contributed by atoms with Crippen molar-refractivity contribution in [2.24, 2.45) is 5.92 Å². The zero-order valence-electron chi connectivity index (χ0n) is 27.6. The summed E-state index contributed by atoms with van der Waals surface area (Å²) < 4.78 is 0. The number of rotatable bonds is 8. The molecule has 0 saturated carbocycles. The molecule has 0 radical (unpaired) electrons. The Morgan fingerprint density at radius 3 is 2.50 bits per heavy atom. The van der Waals surface area contributed by atoms with Crippen molar-refractivity contribution in [1.29, 1.82) is 0 Å². The number of nitrogens with zero attached hydrogens (tertiary/aromatic N) is 5. The van der Waals surface area contributed by atoms with Gasteiger partial charge < -0.3 is 15.1 Å². The van der Waals surface area contributed by atoms with Crippen molar-refractivity contribution < 1.29 is 9.59 Å². The van der Waals surface area contributed by atoms with Crippen LogP contribution in [-0.4, -0.2) is 63.9 Å². The number of hydrogen-bond donors (Lipinski definition) is 1. The Morgan fingerprint density at radius 1 is 1.16 bits per heavy atom. The van der Waals surface area contributed by atoms with E-state index in [1.54, 1.807) is 31.5 Å². The Morgan fingerprint density at radius 2 is 1.91 bits per heavy atom. The molecule has 0 spiro atoms. The van der Waals surface area contributed by atoms with E-state index in [4.69, 9.17) is 0 Å². The Balaban J connectivity index is 1.53. The third-order valence-corrected chi connectivity index (χ3v) is 9.71. The molecule has 1 atom stereocenters. The van der Waals surface area contributed by atoms with E-state index in [0.717, 1.165) is 51.4 Å². The second kappa shape index (κ2) is 13.8. The molecule has 1 aliphatic rings. The van der Waals surface area contributed by atoms with E-state index in [0.29, 0.717) is 30.6 Å². The predicted molar refractivity (Wildman–Crippen MR) is 180 cm³/mol. The molecule has 2 aromatic heterocycles. The third kappa shape index (κ3) is 7.62. The maximum Gasteiger partial charge on any atom is 0.319 e. The van der Waals surface area contributed by atoms with Gasteiger partial charge in [0.1, 0.15) is 6.33 Å². The fourth-order valence-electron chi connectivity index (χ4n) is 5.23. The first-order valence-corrected chi connectivity index (χ1v) is 16.1. The van der Waals surface area contributed by atoms with Crippen molar-refractivity contribution in [1.82, 2.24) is 30.1 Å². The van der Waals surface area contributed by atoms with Crippen molar-refractivity contribution in [2.75, 3.05) is 27.2 Å². The first-order chi connectivity index (χ1) is 20.8. The number of amides is 3. The lowest BCUT2D eigenvalue weighted by Gasteiger charge is -2.31. The van der Waals surface area contributed by atoms with E-state index in [-0.39, 0.29) is 17.4 Å². The molecule has 0 fully saturated rings. The van der Waals surface area contributed by atoms with E-state index in [2.05, 4.69) is 99.1 Å². The van der Waals surface area contributed by atoms with Crippen LogP contribution in [0.25, 0.3) is 17.3 Å². The molecule has 0 bridgehead atoms. The fraction of sp³-hybridized carbons (Fsp3) is 0.457. The number of aromatic nitrogens is 3. The maximum absolute atomic E-state index is 12.8. The van der Waals surface area contributed by atoms with E-state index in [9.17, 15) is 9.59 Å². The average Bonchev–Trinajstić information content (AvgIpc) is 3.51. The van der Waals surface area contributed by atoms with Crippen molar-refractivity contribution >= 4 is 29.4 Å². The van der Waals surface area contributed by atoms with Crippen LogP contribution in [0.1, 0.15) is 84.5 Å². The molecular formula is C35H46N6O2S. The van der Waals surface area contributed by atoms with E-state index in [1.807, 2.05) is 4.90 Å². The van der Waals surface area contributed by atoms with Gasteiger partial charge in [0.15, 0.2) is 5.01 Å². The van der Waals surface area contributed by atoms with Crippen LogP contribution in [0.5, 0.6) is 0 Å². The number of nitrogens with one attached hydrogen (secondary N) is 1. The lowest BCUT2D eigenvalue weighted by atomic mass is 9.87. The van der Waals surface area contributed by atoms with E-state index >= 15 is 0 Å². The summed E-state index contributed by atoms with van der Waals surface area (Å²) in [6, 6.07) is 6.29. The Bertz CT molecular complexity index is 1580. The molecular weight excluding hydrogens is 568 g/mol. The van der Waals surface area contributed by atoms with Crippen LogP contribution in [0.4, 0.5) is 4.79 Å². The summed E-state index contributed by atoms with van der Waals surface area (Å²) in [5.74, 6) is 0.204. The highest BCUT2D eigenvalue weighted by Crippen LogP contribution is 2.32. The molecule has 3 aromatic rings. The summed E-state index contributed by atoms with van der Waals surface area (Å²) in [7, 11) is 3.58. The molecule has 0 aliphatic carbocycles. The number of carbonyl (C=O) groups is 2. The van der Waals surface area contributed by atoms with Crippen molar-refractivity contribution in [3.63, 3.8) is 0 Å². The van der Waals surface area contributed by atoms with Gasteiger partial charge in [0, 0.05) is 55.9 Å². The molecule has 234 valence electrons. The zero-order chi connectivity index (χ0) is 32.2. The first-order valence-electron chi connectivity index (χ1n) is 15.3. The largest absolute Gasteiger partial charge is 0.346 e. The van der Waals surface area contributed by atoms with Gasteiger partial charge in [0.25, 0.3) is 5.91 Å². The summed E-state index contributed by atoms with van der Waals surface area (Å²) in [4.78, 5) is 43.5. The summed E-state index contributed by atoms with van der Waals surface area (Å²) in [5, 5.41) is 3.52. The highest BCUT2D eigenvalue weighted by Gasteiger charge is 2.23. The Labute approximate surface area is 266 Å². The van der Waals surface area contributed by atoms with Gasteiger partial charge in [-0.05, 0) is 72.4 Å². The second-order valence-corrected chi connectivity index (χ2v) is 13.9. The van der Waals surface area contributed by atoms with E-state index < -0.39 is 0 Å². The molecule has 0 saturated heterocycles. The SMILES string of the molecule is CCC(C)/C(=C\c1ncnc(-c2ccc(CNC(=O)c3ncc(C(C)(C)C)s3)c(C)c2)c1C)C1=CCN(C(=O)N(C)C)CC1. The standard InChI is InChI=1S/C35H46N6O2S/c1-10-22(2)28(25-13-15-41(16-14-25)34(43)40(8)9)18-29-24(4)31(39-21-38-29)26-11-12-27(23(3)17-26)19-36-32(42)33-37-20-30(44-33)35(5,6)7/h11-13,17-18,20-22H,10,14-16,19H2,1-9H3,(H,36,42)/b28-18+. The summed E-state index contributed by atoms with van der Waals surface area (Å²) in [6.45, 7) is 16.7. The Kier molecular flexibility index (Phi) is 10.4. The lowest BCUT2D eigenvalue weighted by Crippen LogP contribution is -2.41. The van der Waals surface area contributed by atoms with Crippen LogP contribution in [0.3, 0.4) is 0 Å². The lowest BCUT2D eigenvalue weighted by molar-refractivity contribution is 0.0950. The quantitative estimate of drug-likeness (QED) is 0.290. The highest BCUT2D eigenvalue weighted by atomic mass is 32.1. The van der Waals surface area contributed by atoms with Crippen LogP contribution in [0.15, 0.2) is 47.9 Å². The van der Waals surface area contributed by atoms with Gasteiger partial charge in [-0.3, -0.25) is 4.79 Å². The molecule has 1 aliphatic heterocycles. The minimum Gasteiger partial charge on any atom is -0.346 e. The minimum absolute atomic E-state index is 0.0320. The van der Waals surface area contributed by atoms with Crippen LogP contribution in [0, 0.1) is 19.8 Å². The smallest absolute Gasteiger partial charge is 0.319 e. The molecule has 1 unspecified atom stereocenters. The molecule has 44 heavy (non-hydrogen) atoms. The fourth-order valence-corrected chi connectivity index (χ4v) is 6.12. The average molecular weight is 615 g/mol. The van der Waals surface area contributed by atoms with Gasteiger partial charge >= 0.3 is 6.03 Å². The molecule has 3 heterocycles. The summed E-state index contributed by atoms with van der Waals surface area (Å²) in [5.41, 5.74) is 8.50. The molecule has 1 N–H and O–H groups in total. The predicted octanol–water partition coefficient (Wildman–Crippen LogP) is 7.19. The monoisotopic (exact) mass is 614 g/mol. The molecule has 1 aromatic carbocycles. The van der Waals surface area contributed by atoms with Crippen LogP contribution in [0.2, 0.25) is 0 Å². The van der Waals surface area contributed by atoms with Crippen molar-refractivity contribution in [3.8, 4) is 11.3 Å². The van der Waals surface area contributed by atoms with Gasteiger partial charge in [-0.1, -0.05) is 52.8 Å². The normalized spacial score (nSPS) is 14.7. The number of thiazole rings is 1. The number of allylic oxidation sites excluding steroid dienone is 1. The highest BCUT2D eigenvalue weighted by molar-refractivity contribution is 7.13. The summed E-state index contributed by atoms with van der Waals surface area (Å²) in [6.07, 6.45) is 9.68. The van der Waals surface area contributed by atoms with Gasteiger partial charge in [-0.15, -0.1) is 11.3 Å². The van der Waals surface area contributed by atoms with Gasteiger partial charge in [0.05, 0.1) is 11.4 Å². The first kappa shape index (κ1) is 33.1. The molecule has 9 heteroatoms. The van der Waals surface area contributed by atoms with Crippen LogP contribution >= 0.6 is 11.3 Å². The number of carbonyl (C=O) groups excluding carboxylic acids is 2. The number of urea groups is 1. The van der Waals surface area contributed by atoms with Crippen molar-refractivity contribution in [3.05, 3.63) is 80.2 Å². The third-order valence-electron chi connectivity index (χ3n) is 8.29. The number of benzene rings is 1. The van der Waals surface area contributed by atoms with Crippen molar-refractivity contribution in [2.45, 2.75) is 73.3 Å². The number of aryl methyl sites for hydroxylation is 1. The maximum atomic E-state index is 12.8. The van der Waals surface area contributed by atoms with Gasteiger partial charge in [0.2, 0.25) is 0 Å². The minimum atomic E-state index is -0.153. The topological polar surface area (TPSA) is 91.3 Å². The van der Waals surface area contributed by atoms with Gasteiger partial charge in [-0.2, -0.15) is 0 Å². The molecule has 4 rings (SSSR count). The second-order valence-electron chi connectivity index (χ2n) is 12.8. The van der Waals surface area contributed by atoms with E-state index in [1.165, 1.54) is 22.5 Å². The van der Waals surface area contributed by atoms with Gasteiger partial charge in [-0.25, -0.2) is 19.7 Å².